The maximum atomic E-state index is 10.1. The largest absolute Gasteiger partial charge is 0.198 e. The van der Waals surface area contributed by atoms with Crippen molar-refractivity contribution in [1.29, 1.82) is 5.26 Å². The smallest absolute Gasteiger partial charge is 0.0692 e. The van der Waals surface area contributed by atoms with Gasteiger partial charge in [-0.25, -0.2) is 0 Å². The second-order valence-corrected chi connectivity index (χ2v) is 10.6. The van der Waals surface area contributed by atoms with Gasteiger partial charge in [-0.1, -0.05) is 78.1 Å². The molecule has 0 aromatic carbocycles. The van der Waals surface area contributed by atoms with Crippen molar-refractivity contribution in [2.24, 2.45) is 35.0 Å². The molecule has 4 atom stereocenters. The van der Waals surface area contributed by atoms with Crippen LogP contribution >= 0.6 is 0 Å². The van der Waals surface area contributed by atoms with Crippen molar-refractivity contribution in [3.8, 4) is 6.07 Å². The molecule has 27 heavy (non-hydrogen) atoms. The van der Waals surface area contributed by atoms with Crippen LogP contribution < -0.4 is 0 Å². The molecule has 4 unspecified atom stereocenters. The Morgan fingerprint density at radius 3 is 2.26 bits per heavy atom. The molecule has 154 valence electrons. The van der Waals surface area contributed by atoms with Crippen LogP contribution in [-0.2, 0) is 0 Å². The number of nitriles is 1. The minimum atomic E-state index is 0.0606. The molecule has 0 spiro atoms. The molecule has 3 rings (SSSR count). The summed E-state index contributed by atoms with van der Waals surface area (Å²) in [4.78, 5) is 0. The molecule has 1 nitrogen and oxygen atoms in total. The van der Waals surface area contributed by atoms with Gasteiger partial charge in [-0.2, -0.15) is 5.26 Å². The first-order chi connectivity index (χ1) is 13.2. The average molecular weight is 372 g/mol. The maximum absolute atomic E-state index is 10.1. The lowest BCUT2D eigenvalue weighted by atomic mass is 9.53. The van der Waals surface area contributed by atoms with Gasteiger partial charge in [0.2, 0.25) is 0 Å². The van der Waals surface area contributed by atoms with Crippen molar-refractivity contribution in [1.82, 2.24) is 0 Å². The fourth-order valence-electron chi connectivity index (χ4n) is 7.16. The van der Waals surface area contributed by atoms with E-state index in [0.717, 1.165) is 29.6 Å². The molecule has 1 heteroatoms. The van der Waals surface area contributed by atoms with Crippen LogP contribution in [0.4, 0.5) is 0 Å². The van der Waals surface area contributed by atoms with Crippen LogP contribution in [0.2, 0.25) is 0 Å². The lowest BCUT2D eigenvalue weighted by molar-refractivity contribution is 0.0149. The fourth-order valence-corrected chi connectivity index (χ4v) is 7.16. The molecule has 0 aromatic rings. The number of hydrogen-bond acceptors (Lipinski definition) is 1. The van der Waals surface area contributed by atoms with E-state index in [1.165, 1.54) is 109 Å². The number of nitrogens with zero attached hydrogens (tertiary/aromatic N) is 1. The molecule has 0 radical (unpaired) electrons. The highest BCUT2D eigenvalue weighted by atomic mass is 14.5. The molecule has 3 aliphatic carbocycles. The summed E-state index contributed by atoms with van der Waals surface area (Å²) in [6.45, 7) is 4.62. The SMILES string of the molecule is CCCCCCC1CCC(C2CCC3(C#N)CC(CCC)CCC3C2)CC1. The molecule has 0 N–H and O–H groups in total. The van der Waals surface area contributed by atoms with Crippen LogP contribution in [0.15, 0.2) is 0 Å². The highest BCUT2D eigenvalue weighted by molar-refractivity contribution is 5.09. The summed E-state index contributed by atoms with van der Waals surface area (Å²) in [5.41, 5.74) is 0.0606. The van der Waals surface area contributed by atoms with E-state index in [-0.39, 0.29) is 5.41 Å². The van der Waals surface area contributed by atoms with E-state index < -0.39 is 0 Å². The predicted molar refractivity (Wildman–Crippen MR) is 115 cm³/mol. The Labute approximate surface area is 169 Å². The van der Waals surface area contributed by atoms with Gasteiger partial charge >= 0.3 is 0 Å². The zero-order valence-electron chi connectivity index (χ0n) is 18.4. The minimum absolute atomic E-state index is 0.0606. The van der Waals surface area contributed by atoms with E-state index in [9.17, 15) is 5.26 Å². The third-order valence-electron chi connectivity index (χ3n) is 8.85. The second kappa shape index (κ2) is 10.3. The molecule has 0 saturated heterocycles. The average Bonchev–Trinajstić information content (AvgIpc) is 2.71. The van der Waals surface area contributed by atoms with E-state index in [1.807, 2.05) is 0 Å². The maximum Gasteiger partial charge on any atom is 0.0692 e. The Kier molecular flexibility index (Phi) is 8.10. The van der Waals surface area contributed by atoms with Crippen molar-refractivity contribution < 1.29 is 0 Å². The van der Waals surface area contributed by atoms with Gasteiger partial charge in [0, 0.05) is 0 Å². The lowest BCUT2D eigenvalue weighted by Gasteiger charge is -2.50. The molecule has 0 aliphatic heterocycles. The van der Waals surface area contributed by atoms with E-state index in [2.05, 4.69) is 19.9 Å². The molecule has 3 aliphatic rings. The molecule has 0 aromatic heterocycles. The van der Waals surface area contributed by atoms with Crippen LogP contribution in [0.5, 0.6) is 0 Å². The van der Waals surface area contributed by atoms with Gasteiger partial charge in [-0.05, 0) is 74.5 Å². The second-order valence-electron chi connectivity index (χ2n) is 10.6. The topological polar surface area (TPSA) is 23.8 Å². The monoisotopic (exact) mass is 371 g/mol. The van der Waals surface area contributed by atoms with Crippen molar-refractivity contribution in [2.75, 3.05) is 0 Å². The quantitative estimate of drug-likeness (QED) is 0.394. The van der Waals surface area contributed by atoms with E-state index in [0.29, 0.717) is 0 Å². The van der Waals surface area contributed by atoms with Gasteiger partial charge in [0.1, 0.15) is 0 Å². The first-order valence-electron chi connectivity index (χ1n) is 12.6. The highest BCUT2D eigenvalue weighted by Crippen LogP contribution is 2.56. The number of rotatable bonds is 8. The van der Waals surface area contributed by atoms with Crippen molar-refractivity contribution in [3.05, 3.63) is 0 Å². The van der Waals surface area contributed by atoms with Gasteiger partial charge in [-0.15, -0.1) is 0 Å². The Bertz CT molecular complexity index is 469. The van der Waals surface area contributed by atoms with Crippen LogP contribution in [0.1, 0.15) is 123 Å². The van der Waals surface area contributed by atoms with Crippen LogP contribution in [0.3, 0.4) is 0 Å². The van der Waals surface area contributed by atoms with Gasteiger partial charge < -0.3 is 0 Å². The Morgan fingerprint density at radius 2 is 1.56 bits per heavy atom. The molecule has 0 amide bonds. The standard InChI is InChI=1S/C26H45N/c1-3-5-6-7-9-21-10-13-23(14-11-21)24-16-17-26(20-27)19-22(8-4-2)12-15-25(26)18-24/h21-25H,3-19H2,1-2H3. The number of hydrogen-bond donors (Lipinski definition) is 0. The first-order valence-corrected chi connectivity index (χ1v) is 12.6. The summed E-state index contributed by atoms with van der Waals surface area (Å²) in [7, 11) is 0. The number of unbranched alkanes of at least 4 members (excludes halogenated alkanes) is 3. The zero-order chi connectivity index (χ0) is 19.1. The predicted octanol–water partition coefficient (Wildman–Crippen LogP) is 8.29. The Balaban J connectivity index is 1.45. The van der Waals surface area contributed by atoms with Crippen molar-refractivity contribution >= 4 is 0 Å². The van der Waals surface area contributed by atoms with Gasteiger partial charge in [0.25, 0.3) is 0 Å². The summed E-state index contributed by atoms with van der Waals surface area (Å²) in [5.74, 6) is 4.53. The third kappa shape index (κ3) is 5.31. The van der Waals surface area contributed by atoms with Gasteiger partial charge in [0.05, 0.1) is 11.5 Å². The molecular weight excluding hydrogens is 326 g/mol. The van der Waals surface area contributed by atoms with E-state index in [1.54, 1.807) is 0 Å². The van der Waals surface area contributed by atoms with Crippen LogP contribution in [-0.4, -0.2) is 0 Å². The summed E-state index contributed by atoms with van der Waals surface area (Å²) in [6.07, 6.45) is 23.8. The summed E-state index contributed by atoms with van der Waals surface area (Å²) in [5, 5.41) is 10.1. The summed E-state index contributed by atoms with van der Waals surface area (Å²) < 4.78 is 0. The fraction of sp³-hybridized carbons (Fsp3) is 0.962. The van der Waals surface area contributed by atoms with Crippen LogP contribution in [0.25, 0.3) is 0 Å². The Hall–Kier alpha value is -0.510. The molecule has 0 heterocycles. The molecular formula is C26H45N. The molecule has 3 saturated carbocycles. The molecule has 0 bridgehead atoms. The van der Waals surface area contributed by atoms with E-state index >= 15 is 0 Å². The van der Waals surface area contributed by atoms with Crippen LogP contribution in [0, 0.1) is 46.3 Å². The number of fused-ring (bicyclic) bond motifs is 1. The highest BCUT2D eigenvalue weighted by Gasteiger charge is 2.48. The molecule has 3 fully saturated rings. The van der Waals surface area contributed by atoms with Gasteiger partial charge in [0.15, 0.2) is 0 Å². The summed E-state index contributed by atoms with van der Waals surface area (Å²) >= 11 is 0. The minimum Gasteiger partial charge on any atom is -0.198 e. The van der Waals surface area contributed by atoms with Crippen molar-refractivity contribution in [2.45, 2.75) is 123 Å². The van der Waals surface area contributed by atoms with Crippen molar-refractivity contribution in [3.63, 3.8) is 0 Å². The first kappa shape index (κ1) is 21.2. The lowest BCUT2D eigenvalue weighted by Crippen LogP contribution is -2.42. The summed E-state index contributed by atoms with van der Waals surface area (Å²) in [6, 6.07) is 2.87. The zero-order valence-corrected chi connectivity index (χ0v) is 18.4. The Morgan fingerprint density at radius 1 is 0.778 bits per heavy atom. The third-order valence-corrected chi connectivity index (χ3v) is 8.85. The normalized spacial score (nSPS) is 39.5. The van der Waals surface area contributed by atoms with Gasteiger partial charge in [-0.3, -0.25) is 0 Å². The van der Waals surface area contributed by atoms with E-state index in [4.69, 9.17) is 0 Å².